The van der Waals surface area contributed by atoms with Crippen molar-refractivity contribution in [3.05, 3.63) is 173 Å². The van der Waals surface area contributed by atoms with Crippen LogP contribution in [0.1, 0.15) is 69.4 Å². The second kappa shape index (κ2) is 25.6. The Morgan fingerprint density at radius 3 is 1.94 bits per heavy atom. The molecule has 5 aromatic rings. The molecule has 3 heterocycles. The van der Waals surface area contributed by atoms with E-state index in [0.717, 1.165) is 18.7 Å². The average molecular weight is 1150 g/mol. The summed E-state index contributed by atoms with van der Waals surface area (Å²) in [5.41, 5.74) is -0.669. The van der Waals surface area contributed by atoms with Crippen molar-refractivity contribution in [3.63, 3.8) is 0 Å². The maximum absolute atomic E-state index is 14.4. The summed E-state index contributed by atoms with van der Waals surface area (Å²) >= 11 is 1.10. The van der Waals surface area contributed by atoms with Crippen molar-refractivity contribution >= 4 is 88.6 Å². The lowest BCUT2D eigenvalue weighted by molar-refractivity contribution is -0.152. The van der Waals surface area contributed by atoms with Gasteiger partial charge < -0.3 is 34.3 Å². The quantitative estimate of drug-likeness (QED) is 0.0225. The third-order valence-electron chi connectivity index (χ3n) is 14.0. The zero-order valence-electron chi connectivity index (χ0n) is 46.3. The zero-order chi connectivity index (χ0) is 59.6. The monoisotopic (exact) mass is 1150 g/mol. The maximum Gasteiger partial charge on any atom is 0.412 e. The highest BCUT2D eigenvalue weighted by Gasteiger charge is 2.53. The van der Waals surface area contributed by atoms with Crippen molar-refractivity contribution < 1.29 is 71.6 Å². The number of carbonyl (C=O) groups is 10. The van der Waals surface area contributed by atoms with E-state index < -0.39 is 112 Å². The number of hydrogen-bond donors (Lipinski definition) is 4. The third-order valence-corrected chi connectivity index (χ3v) is 15.3. The Morgan fingerprint density at radius 2 is 1.34 bits per heavy atom. The van der Waals surface area contributed by atoms with Crippen molar-refractivity contribution in [1.29, 1.82) is 0 Å². The second-order valence-electron chi connectivity index (χ2n) is 20.3. The highest BCUT2D eigenvalue weighted by atomic mass is 32.2. The molecule has 4 N–H and O–H groups in total. The van der Waals surface area contributed by atoms with E-state index in [1.807, 2.05) is 12.1 Å². The summed E-state index contributed by atoms with van der Waals surface area (Å²) < 4.78 is 27.6. The van der Waals surface area contributed by atoms with Gasteiger partial charge in [-0.25, -0.2) is 33.4 Å². The first-order valence-electron chi connectivity index (χ1n) is 26.4. The van der Waals surface area contributed by atoms with Gasteiger partial charge in [0.05, 0.1) is 38.5 Å². The summed E-state index contributed by atoms with van der Waals surface area (Å²) in [6.07, 6.45) is -2.78. The summed E-state index contributed by atoms with van der Waals surface area (Å²) in [7, 11) is 1.17. The number of anilines is 2. The van der Waals surface area contributed by atoms with Crippen LogP contribution in [0, 0.1) is 0 Å². The number of β-lactam (4-membered cyclic amide) rings is 1. The molecule has 0 saturated carbocycles. The first-order chi connectivity index (χ1) is 39.7. The molecule has 3 aliphatic rings. The van der Waals surface area contributed by atoms with Crippen LogP contribution in [0.2, 0.25) is 0 Å². The van der Waals surface area contributed by atoms with Crippen LogP contribution in [0.25, 0.3) is 0 Å². The van der Waals surface area contributed by atoms with Crippen molar-refractivity contribution in [2.24, 2.45) is 0 Å². The number of imide groups is 1. The number of ether oxygens (including phenoxy) is 5. The Hall–Kier alpha value is -9.35. The standard InChI is InChI=1S/C60H61N7O15S/c1-7-67(45-30-20-19-29-44(45)63-57(76)80-36-60(55(74)78-6,40-25-15-10-16-26-40)42-27-17-18-28-43(42)62-58(77)82-59(3,4)5)32-31-65(52(71)53(67)72)56(75)61-34-46(69)64-51-41(35-79-37(2)68)49(66-47(70)33-48(66)83-51)54(73)81-50(38-21-11-8-12-22-38)39-23-13-9-14-24-39/h8-30,48,50-51H,7,31-36H2,1-6H3,(H3-,61,62,63,64,69,75,76,77)/p+1/t48-,51+,60?,67?/m0/s1. The van der Waals surface area contributed by atoms with Crippen molar-refractivity contribution in [1.82, 2.24) is 24.9 Å². The van der Waals surface area contributed by atoms with Crippen LogP contribution < -0.4 is 25.8 Å². The van der Waals surface area contributed by atoms with E-state index >= 15 is 0 Å². The van der Waals surface area contributed by atoms with E-state index in [9.17, 15) is 47.9 Å². The van der Waals surface area contributed by atoms with Crippen LogP contribution in [-0.4, -0.2) is 132 Å². The minimum absolute atomic E-state index is 0.0135. The molecule has 2 fully saturated rings. The van der Waals surface area contributed by atoms with Crippen molar-refractivity contribution in [2.75, 3.05) is 57.1 Å². The smallest absolute Gasteiger partial charge is 0.412 e. The van der Waals surface area contributed by atoms with Gasteiger partial charge in [-0.2, -0.15) is 0 Å². The van der Waals surface area contributed by atoms with Gasteiger partial charge in [-0.05, 0) is 56.5 Å². The maximum atomic E-state index is 14.4. The predicted molar refractivity (Wildman–Crippen MR) is 304 cm³/mol. The molecule has 23 heteroatoms. The number of urea groups is 1. The number of carbonyl (C=O) groups excluding carboxylic acids is 10. The van der Waals surface area contributed by atoms with Crippen LogP contribution in [0.5, 0.6) is 0 Å². The Labute approximate surface area is 482 Å². The third kappa shape index (κ3) is 13.1. The zero-order valence-corrected chi connectivity index (χ0v) is 47.2. The predicted octanol–water partition coefficient (Wildman–Crippen LogP) is 7.04. The number of quaternary nitrogens is 1. The molecule has 5 aromatic carbocycles. The fourth-order valence-corrected chi connectivity index (χ4v) is 11.4. The Bertz CT molecular complexity index is 3320. The number of methoxy groups -OCH3 is 1. The Balaban J connectivity index is 0.963. The molecule has 0 bridgehead atoms. The number of benzene rings is 5. The molecule has 0 aliphatic carbocycles. The van der Waals surface area contributed by atoms with Gasteiger partial charge >= 0.3 is 47.9 Å². The fraction of sp³-hybridized carbons (Fsp3) is 0.300. The number of rotatable bonds is 18. The molecule has 0 radical (unpaired) electrons. The van der Waals surface area contributed by atoms with Gasteiger partial charge in [0.2, 0.25) is 11.8 Å². The van der Waals surface area contributed by atoms with E-state index in [-0.39, 0.29) is 60.0 Å². The van der Waals surface area contributed by atoms with Gasteiger partial charge in [0.25, 0.3) is 0 Å². The number of likely N-dealkylation sites (N-methyl/N-ethyl adjacent to an activating group) is 1. The van der Waals surface area contributed by atoms with E-state index in [0.29, 0.717) is 21.6 Å². The molecule has 2 saturated heterocycles. The lowest BCUT2D eigenvalue weighted by Crippen LogP contribution is -2.69. The molecular formula is C60H62N7O15S+. The molecule has 0 aromatic heterocycles. The number of nitrogens with zero attached hydrogens (tertiary/aromatic N) is 3. The fourth-order valence-electron chi connectivity index (χ4n) is 9.97. The minimum Gasteiger partial charge on any atom is -0.468 e. The van der Waals surface area contributed by atoms with Gasteiger partial charge in [0.1, 0.15) is 42.1 Å². The van der Waals surface area contributed by atoms with Crippen LogP contribution in [0.3, 0.4) is 0 Å². The van der Waals surface area contributed by atoms with Crippen LogP contribution in [-0.2, 0) is 62.7 Å². The molecular weight excluding hydrogens is 1090 g/mol. The van der Waals surface area contributed by atoms with Gasteiger partial charge in [0.15, 0.2) is 17.2 Å². The summed E-state index contributed by atoms with van der Waals surface area (Å²) in [4.78, 5) is 139. The molecule has 8 amide bonds. The van der Waals surface area contributed by atoms with E-state index in [2.05, 4.69) is 21.3 Å². The van der Waals surface area contributed by atoms with Gasteiger partial charge in [-0.3, -0.25) is 39.5 Å². The SMILES string of the molecule is CC[N+]1(c2ccccc2NC(=O)OCC(C(=O)OC)(c2ccccc2)c2ccccc2NC(=O)OC(C)(C)C)CCN(C(=O)NCC(=O)N[C@@H]2S[C@H]3CC(=O)N3C(C(=O)OC(c3ccccc3)c3ccccc3)=C2COC(C)=O)C(=O)C1=O. The highest BCUT2D eigenvalue weighted by molar-refractivity contribution is 8.00. The minimum atomic E-state index is -1.87. The van der Waals surface area contributed by atoms with Crippen LogP contribution in [0.4, 0.5) is 31.4 Å². The number of amides is 8. The molecule has 4 atom stereocenters. The first-order valence-corrected chi connectivity index (χ1v) is 27.4. The molecule has 3 aliphatic heterocycles. The lowest BCUT2D eigenvalue weighted by Gasteiger charge is -2.47. The normalized spacial score (nSPS) is 18.3. The number of fused-ring (bicyclic) bond motifs is 1. The van der Waals surface area contributed by atoms with Crippen LogP contribution in [0.15, 0.2) is 151 Å². The number of nitrogens with one attached hydrogen (secondary N) is 4. The van der Waals surface area contributed by atoms with Crippen molar-refractivity contribution in [3.8, 4) is 0 Å². The first kappa shape index (κ1) is 59.8. The number of hydrogen-bond acceptors (Lipinski definition) is 16. The number of esters is 3. The number of thioether (sulfide) groups is 1. The number of para-hydroxylation sites is 3. The van der Waals surface area contributed by atoms with Gasteiger partial charge in [-0.1, -0.05) is 121 Å². The summed E-state index contributed by atoms with van der Waals surface area (Å²) in [5, 5.41) is 8.83. The summed E-state index contributed by atoms with van der Waals surface area (Å²) in [6.45, 7) is 5.49. The highest BCUT2D eigenvalue weighted by Crippen LogP contribution is 2.45. The Kier molecular flexibility index (Phi) is 18.4. The van der Waals surface area contributed by atoms with Crippen LogP contribution >= 0.6 is 11.8 Å². The lowest BCUT2D eigenvalue weighted by atomic mass is 9.74. The van der Waals surface area contributed by atoms with Crippen molar-refractivity contribution in [2.45, 2.75) is 68.9 Å². The number of piperazine rings is 1. The summed E-state index contributed by atoms with van der Waals surface area (Å²) in [5.74, 6) is -5.91. The molecule has 22 nitrogen and oxygen atoms in total. The molecule has 2 unspecified atom stereocenters. The molecule has 8 rings (SSSR count). The second-order valence-corrected chi connectivity index (χ2v) is 21.6. The summed E-state index contributed by atoms with van der Waals surface area (Å²) in [6, 6.07) is 37.8. The Morgan fingerprint density at radius 1 is 0.747 bits per heavy atom. The van der Waals surface area contributed by atoms with E-state index in [4.69, 9.17) is 23.7 Å². The van der Waals surface area contributed by atoms with E-state index in [1.54, 1.807) is 143 Å². The average Bonchev–Trinajstić information content (AvgIpc) is 3.54. The van der Waals surface area contributed by atoms with E-state index in [1.165, 1.54) is 24.1 Å². The largest absolute Gasteiger partial charge is 0.468 e. The topological polar surface area (TPSA) is 271 Å². The van der Waals surface area contributed by atoms with Gasteiger partial charge in [0, 0.05) is 29.8 Å². The molecule has 0 spiro atoms. The van der Waals surface area contributed by atoms with Gasteiger partial charge in [-0.15, -0.1) is 11.8 Å². The molecule has 83 heavy (non-hydrogen) atoms. The molecule has 432 valence electrons.